The fourth-order valence-electron chi connectivity index (χ4n) is 7.59. The first-order valence-corrected chi connectivity index (χ1v) is 15.9. The molecule has 0 radical (unpaired) electrons. The average Bonchev–Trinajstić information content (AvgIpc) is 2.88. The first kappa shape index (κ1) is 31.5. The van der Waals surface area contributed by atoms with Crippen LogP contribution in [0.4, 0.5) is 0 Å². The Morgan fingerprint density at radius 1 is 1.00 bits per heavy atom. The largest absolute Gasteiger partial charge is 0.465 e. The summed E-state index contributed by atoms with van der Waals surface area (Å²) in [5, 5.41) is 12.0. The fraction of sp³-hybridized carbons (Fsp3) is 0.567. The molecule has 0 amide bonds. The second-order valence-corrected chi connectivity index (χ2v) is 14.2. The molecule has 7 nitrogen and oxygen atoms in total. The van der Waals surface area contributed by atoms with Crippen molar-refractivity contribution < 1.29 is 27.5 Å². The van der Waals surface area contributed by atoms with Crippen molar-refractivity contribution in [3.8, 4) is 0 Å². The smallest absolute Gasteiger partial charge is 0.337 e. The topological polar surface area (TPSA) is 93.1 Å². The van der Waals surface area contributed by atoms with Crippen molar-refractivity contribution in [1.29, 1.82) is 0 Å². The number of methoxy groups -OCH3 is 1. The second kappa shape index (κ2) is 11.8. The normalized spacial score (nSPS) is 24.0. The van der Waals surface area contributed by atoms with Crippen LogP contribution in [-0.2, 0) is 19.2 Å². The highest BCUT2D eigenvalue weighted by atomic mass is 32.2. The summed E-state index contributed by atoms with van der Waals surface area (Å²) in [6.07, 6.45) is -0.986. The Labute approximate surface area is 237 Å². The number of hydrogen-bond acceptors (Lipinski definition) is 6. The fourth-order valence-corrected chi connectivity index (χ4v) is 9.96. The number of rotatable bonds is 9. The molecule has 1 N–H and O–H groups in total. The molecule has 1 fully saturated rings. The number of carbonyl (C=O) groups is 1. The van der Waals surface area contributed by atoms with Crippen LogP contribution < -0.4 is 0 Å². The number of nitrogens with zero attached hydrogens (tertiary/aromatic N) is 1. The van der Waals surface area contributed by atoms with Gasteiger partial charge in [0.1, 0.15) is 10.5 Å². The van der Waals surface area contributed by atoms with Crippen molar-refractivity contribution in [1.82, 2.24) is 4.31 Å². The number of ether oxygens (including phenoxy) is 1. The predicted octanol–water partition coefficient (Wildman–Crippen LogP) is 3.92. The molecule has 9 heteroatoms. The molecule has 39 heavy (non-hydrogen) atoms. The summed E-state index contributed by atoms with van der Waals surface area (Å²) in [6.45, 7) is 14.7. The molecule has 0 unspecified atom stereocenters. The molecule has 0 aromatic heterocycles. The third-order valence-electron chi connectivity index (χ3n) is 8.98. The minimum atomic E-state index is -4.00. The summed E-state index contributed by atoms with van der Waals surface area (Å²) in [5.41, 5.74) is 0.565. The van der Waals surface area contributed by atoms with E-state index >= 15 is 0 Å². The van der Waals surface area contributed by atoms with Gasteiger partial charge in [-0.25, -0.2) is 13.2 Å². The SMILES string of the molecule is COC(=O)c1ccc([C@H]2[C@@H](O)CN(S(=O)(=O)c3ccc(C)cc3)[C@@](CO[SiH3])(C(C)C)C2(C(C)C)C(C)C)cc1. The van der Waals surface area contributed by atoms with Crippen LogP contribution in [0, 0.1) is 30.1 Å². The third kappa shape index (κ3) is 5.01. The van der Waals surface area contributed by atoms with E-state index in [0.29, 0.717) is 16.0 Å². The lowest BCUT2D eigenvalue weighted by Gasteiger charge is -2.68. The zero-order valence-electron chi connectivity index (χ0n) is 24.8. The van der Waals surface area contributed by atoms with Gasteiger partial charge in [-0.2, -0.15) is 4.31 Å². The number of benzene rings is 2. The van der Waals surface area contributed by atoms with Crippen LogP contribution in [0.1, 0.15) is 68.9 Å². The predicted molar refractivity (Wildman–Crippen MR) is 157 cm³/mol. The first-order chi connectivity index (χ1) is 18.2. The monoisotopic (exact) mass is 575 g/mol. The van der Waals surface area contributed by atoms with Gasteiger partial charge in [-0.1, -0.05) is 71.4 Å². The van der Waals surface area contributed by atoms with E-state index in [9.17, 15) is 18.3 Å². The Morgan fingerprint density at radius 3 is 1.97 bits per heavy atom. The van der Waals surface area contributed by atoms with E-state index in [1.54, 1.807) is 40.7 Å². The second-order valence-electron chi connectivity index (χ2n) is 11.8. The molecule has 0 aliphatic carbocycles. The van der Waals surface area contributed by atoms with Gasteiger partial charge in [0.25, 0.3) is 0 Å². The molecule has 2 aromatic carbocycles. The molecule has 0 saturated carbocycles. The Hall–Kier alpha value is -2.04. The zero-order valence-corrected chi connectivity index (χ0v) is 27.6. The van der Waals surface area contributed by atoms with Gasteiger partial charge in [-0.15, -0.1) is 0 Å². The Balaban J connectivity index is 2.39. The molecule has 0 spiro atoms. The summed E-state index contributed by atoms with van der Waals surface area (Å²) >= 11 is 0. The van der Waals surface area contributed by atoms with Gasteiger partial charge >= 0.3 is 5.97 Å². The molecule has 216 valence electrons. The number of esters is 1. The average molecular weight is 576 g/mol. The number of carbonyl (C=O) groups excluding carboxylic acids is 1. The third-order valence-corrected chi connectivity index (χ3v) is 11.2. The molecule has 3 atom stereocenters. The van der Waals surface area contributed by atoms with Gasteiger partial charge in [-0.05, 0) is 54.5 Å². The molecule has 1 saturated heterocycles. The molecule has 3 rings (SSSR count). The lowest BCUT2D eigenvalue weighted by atomic mass is 9.45. The molecule has 1 heterocycles. The van der Waals surface area contributed by atoms with Crippen molar-refractivity contribution in [2.45, 2.75) is 70.9 Å². The number of piperidine rings is 1. The first-order valence-electron chi connectivity index (χ1n) is 13.7. The van der Waals surface area contributed by atoms with E-state index in [1.165, 1.54) is 7.11 Å². The van der Waals surface area contributed by atoms with E-state index in [4.69, 9.17) is 9.16 Å². The van der Waals surface area contributed by atoms with Gasteiger partial charge < -0.3 is 14.3 Å². The Morgan fingerprint density at radius 2 is 1.54 bits per heavy atom. The van der Waals surface area contributed by atoms with Crippen LogP contribution in [0.15, 0.2) is 53.4 Å². The molecule has 2 aromatic rings. The van der Waals surface area contributed by atoms with Crippen LogP contribution in [0.5, 0.6) is 0 Å². The molecule has 0 bridgehead atoms. The molecule has 1 aliphatic heterocycles. The molecule has 1 aliphatic rings. The van der Waals surface area contributed by atoms with Crippen molar-refractivity contribution in [3.05, 3.63) is 65.2 Å². The highest BCUT2D eigenvalue weighted by Gasteiger charge is 2.69. The highest BCUT2D eigenvalue weighted by molar-refractivity contribution is 7.89. The number of hydrogen-bond donors (Lipinski definition) is 1. The molecular weight excluding hydrogens is 530 g/mol. The van der Waals surface area contributed by atoms with E-state index < -0.39 is 39.0 Å². The maximum absolute atomic E-state index is 14.5. The van der Waals surface area contributed by atoms with E-state index in [2.05, 4.69) is 41.5 Å². The van der Waals surface area contributed by atoms with Crippen molar-refractivity contribution in [2.24, 2.45) is 23.2 Å². The van der Waals surface area contributed by atoms with Crippen LogP contribution in [0.3, 0.4) is 0 Å². The van der Waals surface area contributed by atoms with Crippen molar-refractivity contribution >= 4 is 26.5 Å². The standard InChI is InChI=1S/C30H45NO6SSi/c1-19(2)29(18-37-39)30(20(3)4,21(5)6)27(23-11-13-24(14-12-23)28(33)36-8)26(32)17-31(29)38(34,35)25-15-9-22(7)10-16-25/h9-16,19-21,26-27,32H,17-18H2,1-8,39H3/t26-,27-,29-/m0/s1. The summed E-state index contributed by atoms with van der Waals surface area (Å²) in [5.74, 6) is -1.05. The minimum absolute atomic E-state index is 0.0346. The summed E-state index contributed by atoms with van der Waals surface area (Å²) < 4.78 is 41.5. The van der Waals surface area contributed by atoms with Gasteiger partial charge in [0, 0.05) is 17.9 Å². The molecular formula is C30H45NO6SSi. The Kier molecular flexibility index (Phi) is 9.55. The van der Waals surface area contributed by atoms with Gasteiger partial charge in [0.2, 0.25) is 10.0 Å². The van der Waals surface area contributed by atoms with Crippen LogP contribution >= 0.6 is 0 Å². The van der Waals surface area contributed by atoms with E-state index in [-0.39, 0.29) is 35.8 Å². The van der Waals surface area contributed by atoms with Crippen LogP contribution in [0.2, 0.25) is 0 Å². The van der Waals surface area contributed by atoms with Crippen molar-refractivity contribution in [3.63, 3.8) is 0 Å². The zero-order chi connectivity index (χ0) is 29.3. The quantitative estimate of drug-likeness (QED) is 0.360. The summed E-state index contributed by atoms with van der Waals surface area (Å²) in [7, 11) is -2.22. The van der Waals surface area contributed by atoms with Gasteiger partial charge in [0.15, 0.2) is 0 Å². The minimum Gasteiger partial charge on any atom is -0.465 e. The number of sulfonamides is 1. The number of aryl methyl sites for hydroxylation is 1. The number of aliphatic hydroxyl groups excluding tert-OH is 1. The van der Waals surface area contributed by atoms with E-state index in [1.807, 2.05) is 19.1 Å². The van der Waals surface area contributed by atoms with Crippen LogP contribution in [-0.4, -0.2) is 66.2 Å². The van der Waals surface area contributed by atoms with Gasteiger partial charge in [0.05, 0.1) is 35.8 Å². The van der Waals surface area contributed by atoms with Gasteiger partial charge in [-0.3, -0.25) is 0 Å². The lowest BCUT2D eigenvalue weighted by Crippen LogP contribution is -2.77. The number of aliphatic hydroxyl groups is 1. The van der Waals surface area contributed by atoms with Crippen LogP contribution in [0.25, 0.3) is 0 Å². The van der Waals surface area contributed by atoms with E-state index in [0.717, 1.165) is 11.1 Å². The summed E-state index contributed by atoms with van der Waals surface area (Å²) in [6, 6.07) is 14.1. The summed E-state index contributed by atoms with van der Waals surface area (Å²) in [4.78, 5) is 12.3. The number of β-amino-alcohol motifs (C(OH)–C–C–N with tert-alkyl or cyclic N) is 1. The maximum atomic E-state index is 14.5. The highest BCUT2D eigenvalue weighted by Crippen LogP contribution is 2.64. The maximum Gasteiger partial charge on any atom is 0.337 e. The van der Waals surface area contributed by atoms with Crippen molar-refractivity contribution in [2.75, 3.05) is 20.3 Å². The Bertz CT molecular complexity index is 1240. The lowest BCUT2D eigenvalue weighted by molar-refractivity contribution is -0.182.